The molecule has 2 aromatic heterocycles. The van der Waals surface area contributed by atoms with Crippen LogP contribution in [-0.4, -0.2) is 48.5 Å². The molecule has 5 rings (SSSR count). The molecular weight excluding hydrogens is 423 g/mol. The van der Waals surface area contributed by atoms with Crippen LogP contribution in [0.5, 0.6) is 0 Å². The normalized spacial score (nSPS) is 14.6. The molecule has 0 radical (unpaired) electrons. The van der Waals surface area contributed by atoms with Gasteiger partial charge >= 0.3 is 5.63 Å². The molecule has 8 heteroatoms. The average molecular weight is 446 g/mol. The fraction of sp³-hybridized carbons (Fsp3) is 0.240. The molecule has 0 aliphatic carbocycles. The summed E-state index contributed by atoms with van der Waals surface area (Å²) < 4.78 is 18.9. The SMILES string of the molecule is O=C(CCN1CCN(c2nccc3ccc(F)cc23)CC1)Nc1cc(=O)oc2ccccc12. The van der Waals surface area contributed by atoms with Gasteiger partial charge in [0.1, 0.15) is 17.2 Å². The summed E-state index contributed by atoms with van der Waals surface area (Å²) in [5.41, 5.74) is 0.409. The van der Waals surface area contributed by atoms with Crippen LogP contribution in [0.1, 0.15) is 6.42 Å². The third-order valence-corrected chi connectivity index (χ3v) is 5.96. The van der Waals surface area contributed by atoms with Crippen LogP contribution in [0, 0.1) is 5.82 Å². The number of rotatable bonds is 5. The van der Waals surface area contributed by atoms with Crippen molar-refractivity contribution in [3.8, 4) is 0 Å². The van der Waals surface area contributed by atoms with Crippen molar-refractivity contribution >= 4 is 39.2 Å². The Kier molecular flexibility index (Phi) is 5.75. The Morgan fingerprint density at radius 1 is 1.03 bits per heavy atom. The van der Waals surface area contributed by atoms with Crippen LogP contribution in [0.4, 0.5) is 15.9 Å². The van der Waals surface area contributed by atoms with Gasteiger partial charge in [-0.15, -0.1) is 0 Å². The van der Waals surface area contributed by atoms with E-state index in [4.69, 9.17) is 4.42 Å². The molecule has 168 valence electrons. The lowest BCUT2D eigenvalue weighted by molar-refractivity contribution is -0.116. The Morgan fingerprint density at radius 2 is 1.85 bits per heavy atom. The van der Waals surface area contributed by atoms with Gasteiger partial charge in [-0.25, -0.2) is 14.2 Å². The summed E-state index contributed by atoms with van der Waals surface area (Å²) in [5, 5.41) is 5.31. The van der Waals surface area contributed by atoms with E-state index in [2.05, 4.69) is 20.1 Å². The zero-order valence-electron chi connectivity index (χ0n) is 18.0. The van der Waals surface area contributed by atoms with Gasteiger partial charge in [0.15, 0.2) is 0 Å². The standard InChI is InChI=1S/C25H23FN4O3/c26-18-6-5-17-7-9-27-25(20(17)15-18)30-13-11-29(12-14-30)10-8-23(31)28-21-16-24(32)33-22-4-2-1-3-19(21)22/h1-7,9,15-16H,8,10-14H2,(H,28,31). The lowest BCUT2D eigenvalue weighted by atomic mass is 10.1. The number of hydrogen-bond acceptors (Lipinski definition) is 6. The van der Waals surface area contributed by atoms with Gasteiger partial charge in [-0.1, -0.05) is 18.2 Å². The molecule has 0 atom stereocenters. The number of carbonyl (C=O) groups is 1. The summed E-state index contributed by atoms with van der Waals surface area (Å²) in [5.74, 6) is 0.365. The number of amides is 1. The van der Waals surface area contributed by atoms with Crippen molar-refractivity contribution in [2.45, 2.75) is 6.42 Å². The Hall–Kier alpha value is -3.78. The zero-order chi connectivity index (χ0) is 22.8. The van der Waals surface area contributed by atoms with Crippen LogP contribution in [0.15, 0.2) is 70.0 Å². The van der Waals surface area contributed by atoms with Gasteiger partial charge in [-0.05, 0) is 35.7 Å². The Morgan fingerprint density at radius 3 is 2.70 bits per heavy atom. The van der Waals surface area contributed by atoms with Crippen LogP contribution in [0.3, 0.4) is 0 Å². The third kappa shape index (κ3) is 4.56. The molecule has 0 unspecified atom stereocenters. The molecular formula is C25H23FN4O3. The predicted octanol–water partition coefficient (Wildman–Crippen LogP) is 3.63. The second-order valence-corrected chi connectivity index (χ2v) is 8.10. The molecule has 1 saturated heterocycles. The number of anilines is 2. The minimum Gasteiger partial charge on any atom is -0.423 e. The van der Waals surface area contributed by atoms with E-state index >= 15 is 0 Å². The highest BCUT2D eigenvalue weighted by Gasteiger charge is 2.20. The summed E-state index contributed by atoms with van der Waals surface area (Å²) in [4.78, 5) is 33.2. The first-order valence-electron chi connectivity index (χ1n) is 10.9. The summed E-state index contributed by atoms with van der Waals surface area (Å²) in [6.45, 7) is 3.65. The number of para-hydroxylation sites is 1. The van der Waals surface area contributed by atoms with E-state index in [1.54, 1.807) is 30.5 Å². The molecule has 1 N–H and O–H groups in total. The molecule has 0 spiro atoms. The largest absolute Gasteiger partial charge is 0.423 e. The summed E-state index contributed by atoms with van der Waals surface area (Å²) in [6, 6.07) is 15.1. The molecule has 33 heavy (non-hydrogen) atoms. The van der Waals surface area contributed by atoms with E-state index in [1.165, 1.54) is 18.2 Å². The van der Waals surface area contributed by atoms with Crippen molar-refractivity contribution in [2.24, 2.45) is 0 Å². The van der Waals surface area contributed by atoms with E-state index in [9.17, 15) is 14.0 Å². The minimum absolute atomic E-state index is 0.153. The maximum absolute atomic E-state index is 13.8. The van der Waals surface area contributed by atoms with Gasteiger partial charge in [0.25, 0.3) is 0 Å². The minimum atomic E-state index is -0.498. The molecule has 3 heterocycles. The molecule has 4 aromatic rings. The van der Waals surface area contributed by atoms with E-state index in [0.717, 1.165) is 42.8 Å². The van der Waals surface area contributed by atoms with E-state index in [0.29, 0.717) is 29.6 Å². The topological polar surface area (TPSA) is 78.7 Å². The summed E-state index contributed by atoms with van der Waals surface area (Å²) >= 11 is 0. The maximum atomic E-state index is 13.8. The first kappa shape index (κ1) is 21.1. The van der Waals surface area contributed by atoms with Crippen LogP contribution in [0.2, 0.25) is 0 Å². The lowest BCUT2D eigenvalue weighted by Crippen LogP contribution is -2.47. The van der Waals surface area contributed by atoms with Crippen molar-refractivity contribution in [3.63, 3.8) is 0 Å². The van der Waals surface area contributed by atoms with Crippen LogP contribution < -0.4 is 15.8 Å². The number of hydrogen-bond donors (Lipinski definition) is 1. The average Bonchev–Trinajstić information content (AvgIpc) is 2.82. The highest BCUT2D eigenvalue weighted by atomic mass is 19.1. The summed E-state index contributed by atoms with van der Waals surface area (Å²) in [6.07, 6.45) is 2.06. The van der Waals surface area contributed by atoms with Gasteiger partial charge in [-0.2, -0.15) is 0 Å². The lowest BCUT2D eigenvalue weighted by Gasteiger charge is -2.35. The Labute approximate surface area is 189 Å². The van der Waals surface area contributed by atoms with E-state index in [-0.39, 0.29) is 11.7 Å². The number of piperazine rings is 1. The highest BCUT2D eigenvalue weighted by Crippen LogP contribution is 2.26. The van der Waals surface area contributed by atoms with Crippen molar-refractivity contribution in [1.82, 2.24) is 9.88 Å². The van der Waals surface area contributed by atoms with Crippen LogP contribution in [0.25, 0.3) is 21.7 Å². The van der Waals surface area contributed by atoms with Gasteiger partial charge in [0.05, 0.1) is 5.69 Å². The first-order chi connectivity index (χ1) is 16.1. The Balaban J connectivity index is 1.19. The Bertz CT molecular complexity index is 1380. The molecule has 2 aromatic carbocycles. The number of aromatic nitrogens is 1. The van der Waals surface area contributed by atoms with Crippen molar-refractivity contribution in [1.29, 1.82) is 0 Å². The fourth-order valence-corrected chi connectivity index (χ4v) is 4.25. The number of halogens is 1. The smallest absolute Gasteiger partial charge is 0.338 e. The third-order valence-electron chi connectivity index (χ3n) is 5.96. The van der Waals surface area contributed by atoms with Gasteiger partial charge < -0.3 is 14.6 Å². The number of nitrogens with one attached hydrogen (secondary N) is 1. The number of nitrogens with zero attached hydrogens (tertiary/aromatic N) is 3. The predicted molar refractivity (Wildman–Crippen MR) is 126 cm³/mol. The molecule has 1 aliphatic heterocycles. The molecule has 1 fully saturated rings. The van der Waals surface area contributed by atoms with Crippen LogP contribution in [-0.2, 0) is 4.79 Å². The fourth-order valence-electron chi connectivity index (χ4n) is 4.25. The first-order valence-corrected chi connectivity index (χ1v) is 10.9. The summed E-state index contributed by atoms with van der Waals surface area (Å²) in [7, 11) is 0. The maximum Gasteiger partial charge on any atom is 0.338 e. The van der Waals surface area contributed by atoms with Gasteiger partial charge in [0, 0.05) is 62.2 Å². The van der Waals surface area contributed by atoms with Crippen LogP contribution >= 0.6 is 0 Å². The highest BCUT2D eigenvalue weighted by molar-refractivity contribution is 6.00. The quantitative estimate of drug-likeness (QED) is 0.472. The van der Waals surface area contributed by atoms with Crippen molar-refractivity contribution < 1.29 is 13.6 Å². The molecule has 0 bridgehead atoms. The number of carbonyl (C=O) groups excluding carboxylic acids is 1. The molecule has 1 aliphatic rings. The molecule has 7 nitrogen and oxygen atoms in total. The van der Waals surface area contributed by atoms with Gasteiger partial charge in [0.2, 0.25) is 5.91 Å². The number of benzene rings is 2. The number of pyridine rings is 1. The number of fused-ring (bicyclic) bond motifs is 2. The monoisotopic (exact) mass is 446 g/mol. The van der Waals surface area contributed by atoms with E-state index < -0.39 is 5.63 Å². The van der Waals surface area contributed by atoms with E-state index in [1.807, 2.05) is 12.1 Å². The second kappa shape index (κ2) is 8.99. The van der Waals surface area contributed by atoms with Gasteiger partial charge in [-0.3, -0.25) is 9.69 Å². The van der Waals surface area contributed by atoms with Crippen molar-refractivity contribution in [3.05, 3.63) is 77.0 Å². The molecule has 1 amide bonds. The zero-order valence-corrected chi connectivity index (χ0v) is 18.0. The van der Waals surface area contributed by atoms with Crippen molar-refractivity contribution in [2.75, 3.05) is 42.9 Å². The molecule has 0 saturated carbocycles. The second-order valence-electron chi connectivity index (χ2n) is 8.10.